The monoisotopic (exact) mass is 401 g/mol. The standard InChI is InChI=1S/C22H31N3O4/c1-15(2)11-20-19(12-17-13-24(16(3)26)14-21(27)25(17)20)22(28)23-9-10-29-18-7-5-4-6-8-18/h4-8,15,17,19-20H,9-14H2,1-3H3,(H,23,28)/t17-,19-,20-/m0/s1. The summed E-state index contributed by atoms with van der Waals surface area (Å²) in [6.07, 6.45) is 1.37. The van der Waals surface area contributed by atoms with Gasteiger partial charge in [0.05, 0.1) is 25.0 Å². The first-order valence-electron chi connectivity index (χ1n) is 10.4. The van der Waals surface area contributed by atoms with Gasteiger partial charge in [-0.15, -0.1) is 0 Å². The molecule has 2 aliphatic heterocycles. The zero-order valence-corrected chi connectivity index (χ0v) is 17.5. The van der Waals surface area contributed by atoms with Crippen LogP contribution >= 0.6 is 0 Å². The molecule has 3 amide bonds. The Hall–Kier alpha value is -2.57. The van der Waals surface area contributed by atoms with Crippen LogP contribution in [0.1, 0.15) is 33.6 Å². The van der Waals surface area contributed by atoms with Crippen molar-refractivity contribution in [2.75, 3.05) is 26.2 Å². The lowest BCUT2D eigenvalue weighted by Gasteiger charge is -2.40. The van der Waals surface area contributed by atoms with Crippen molar-refractivity contribution in [2.24, 2.45) is 11.8 Å². The average Bonchev–Trinajstić information content (AvgIpc) is 3.04. The molecular formula is C22H31N3O4. The number of carbonyl (C=O) groups is 3. The minimum Gasteiger partial charge on any atom is -0.492 e. The van der Waals surface area contributed by atoms with Gasteiger partial charge in [-0.1, -0.05) is 32.0 Å². The van der Waals surface area contributed by atoms with Crippen LogP contribution in [0.25, 0.3) is 0 Å². The summed E-state index contributed by atoms with van der Waals surface area (Å²) in [5.74, 6) is 0.703. The second kappa shape index (κ2) is 9.29. The fourth-order valence-corrected chi connectivity index (χ4v) is 4.42. The van der Waals surface area contributed by atoms with Crippen molar-refractivity contribution in [3.63, 3.8) is 0 Å². The Balaban J connectivity index is 1.61. The number of fused-ring (bicyclic) bond motifs is 1. The van der Waals surface area contributed by atoms with Gasteiger partial charge in [0, 0.05) is 19.5 Å². The number of hydrogen-bond acceptors (Lipinski definition) is 4. The van der Waals surface area contributed by atoms with E-state index in [1.54, 1.807) is 4.90 Å². The molecule has 2 fully saturated rings. The normalized spacial score (nSPS) is 23.9. The van der Waals surface area contributed by atoms with E-state index in [1.807, 2.05) is 35.2 Å². The molecule has 0 radical (unpaired) electrons. The van der Waals surface area contributed by atoms with E-state index in [0.717, 1.165) is 12.2 Å². The van der Waals surface area contributed by atoms with Gasteiger partial charge in [0.2, 0.25) is 17.7 Å². The molecule has 7 heteroatoms. The molecule has 0 aromatic heterocycles. The van der Waals surface area contributed by atoms with Gasteiger partial charge in [-0.3, -0.25) is 14.4 Å². The Labute approximate surface area is 172 Å². The highest BCUT2D eigenvalue weighted by Gasteiger charge is 2.49. The van der Waals surface area contributed by atoms with Crippen LogP contribution in [-0.2, 0) is 14.4 Å². The number of amides is 3. The number of rotatable bonds is 7. The van der Waals surface area contributed by atoms with Crippen LogP contribution in [0.2, 0.25) is 0 Å². The fraction of sp³-hybridized carbons (Fsp3) is 0.591. The van der Waals surface area contributed by atoms with Crippen LogP contribution in [0.5, 0.6) is 5.75 Å². The zero-order valence-electron chi connectivity index (χ0n) is 17.5. The van der Waals surface area contributed by atoms with E-state index in [9.17, 15) is 14.4 Å². The van der Waals surface area contributed by atoms with Crippen molar-refractivity contribution >= 4 is 17.7 Å². The Morgan fingerprint density at radius 2 is 1.97 bits per heavy atom. The van der Waals surface area contributed by atoms with Gasteiger partial charge in [-0.25, -0.2) is 0 Å². The first-order chi connectivity index (χ1) is 13.9. The largest absolute Gasteiger partial charge is 0.492 e. The van der Waals surface area contributed by atoms with Crippen LogP contribution in [-0.4, -0.2) is 65.8 Å². The Morgan fingerprint density at radius 1 is 1.24 bits per heavy atom. The number of nitrogens with one attached hydrogen (secondary N) is 1. The van der Waals surface area contributed by atoms with Crippen LogP contribution in [0, 0.1) is 11.8 Å². The van der Waals surface area contributed by atoms with Crippen LogP contribution in [0.4, 0.5) is 0 Å². The summed E-state index contributed by atoms with van der Waals surface area (Å²) in [5, 5.41) is 2.97. The second-order valence-corrected chi connectivity index (χ2v) is 8.35. The molecular weight excluding hydrogens is 370 g/mol. The quantitative estimate of drug-likeness (QED) is 0.705. The minimum atomic E-state index is -0.255. The van der Waals surface area contributed by atoms with Crippen LogP contribution in [0.3, 0.4) is 0 Å². The average molecular weight is 402 g/mol. The predicted molar refractivity (Wildman–Crippen MR) is 109 cm³/mol. The lowest BCUT2D eigenvalue weighted by Crippen LogP contribution is -2.57. The van der Waals surface area contributed by atoms with Crippen LogP contribution < -0.4 is 10.1 Å². The molecule has 0 bridgehead atoms. The van der Waals surface area contributed by atoms with E-state index in [2.05, 4.69) is 19.2 Å². The number of carbonyl (C=O) groups excluding carboxylic acids is 3. The van der Waals surface area contributed by atoms with E-state index in [4.69, 9.17) is 4.74 Å². The van der Waals surface area contributed by atoms with Crippen molar-refractivity contribution in [1.29, 1.82) is 0 Å². The summed E-state index contributed by atoms with van der Waals surface area (Å²) in [5.41, 5.74) is 0. The van der Waals surface area contributed by atoms with E-state index >= 15 is 0 Å². The maximum atomic E-state index is 12.9. The summed E-state index contributed by atoms with van der Waals surface area (Å²) in [6, 6.07) is 9.29. The molecule has 1 aromatic carbocycles. The van der Waals surface area contributed by atoms with Gasteiger partial charge < -0.3 is 19.9 Å². The summed E-state index contributed by atoms with van der Waals surface area (Å²) in [4.78, 5) is 40.9. The van der Waals surface area contributed by atoms with Crippen molar-refractivity contribution < 1.29 is 19.1 Å². The van der Waals surface area contributed by atoms with Crippen molar-refractivity contribution in [1.82, 2.24) is 15.1 Å². The Kier molecular flexibility index (Phi) is 6.77. The van der Waals surface area contributed by atoms with E-state index in [0.29, 0.717) is 32.0 Å². The molecule has 2 aliphatic rings. The molecule has 158 valence electrons. The molecule has 3 atom stereocenters. The maximum Gasteiger partial charge on any atom is 0.242 e. The molecule has 2 heterocycles. The highest BCUT2D eigenvalue weighted by atomic mass is 16.5. The molecule has 3 rings (SSSR count). The van der Waals surface area contributed by atoms with Crippen molar-refractivity contribution in [3.05, 3.63) is 30.3 Å². The topological polar surface area (TPSA) is 79.0 Å². The van der Waals surface area contributed by atoms with Gasteiger partial charge >= 0.3 is 0 Å². The maximum absolute atomic E-state index is 12.9. The number of nitrogens with zero attached hydrogens (tertiary/aromatic N) is 2. The molecule has 1 N–H and O–H groups in total. The van der Waals surface area contributed by atoms with Crippen molar-refractivity contribution in [2.45, 2.75) is 45.7 Å². The summed E-state index contributed by atoms with van der Waals surface area (Å²) in [6.45, 7) is 7.12. The first-order valence-corrected chi connectivity index (χ1v) is 10.4. The smallest absolute Gasteiger partial charge is 0.242 e. The molecule has 0 aliphatic carbocycles. The van der Waals surface area contributed by atoms with Gasteiger partial charge in [-0.2, -0.15) is 0 Å². The number of benzene rings is 1. The third kappa shape index (κ3) is 5.08. The molecule has 0 spiro atoms. The van der Waals surface area contributed by atoms with E-state index < -0.39 is 0 Å². The van der Waals surface area contributed by atoms with Crippen LogP contribution in [0.15, 0.2) is 30.3 Å². The predicted octanol–water partition coefficient (Wildman–Crippen LogP) is 1.68. The summed E-state index contributed by atoms with van der Waals surface area (Å²) < 4.78 is 5.64. The highest BCUT2D eigenvalue weighted by molar-refractivity contribution is 5.88. The minimum absolute atomic E-state index is 0.0381. The van der Waals surface area contributed by atoms with Gasteiger partial charge in [0.1, 0.15) is 12.4 Å². The number of ether oxygens (including phenoxy) is 1. The zero-order chi connectivity index (χ0) is 21.0. The number of para-hydroxylation sites is 1. The van der Waals surface area contributed by atoms with Gasteiger partial charge in [0.15, 0.2) is 0 Å². The molecule has 2 saturated heterocycles. The van der Waals surface area contributed by atoms with Gasteiger partial charge in [0.25, 0.3) is 0 Å². The highest BCUT2D eigenvalue weighted by Crippen LogP contribution is 2.36. The third-order valence-electron chi connectivity index (χ3n) is 5.69. The Bertz CT molecular complexity index is 737. The summed E-state index contributed by atoms with van der Waals surface area (Å²) in [7, 11) is 0. The number of hydrogen-bond donors (Lipinski definition) is 1. The lowest BCUT2D eigenvalue weighted by molar-refractivity contribution is -0.148. The first kappa shape index (κ1) is 21.1. The van der Waals surface area contributed by atoms with E-state index in [1.165, 1.54) is 6.92 Å². The second-order valence-electron chi connectivity index (χ2n) is 8.35. The van der Waals surface area contributed by atoms with Gasteiger partial charge in [-0.05, 0) is 30.9 Å². The molecule has 0 saturated carbocycles. The fourth-order valence-electron chi connectivity index (χ4n) is 4.42. The Morgan fingerprint density at radius 3 is 2.62 bits per heavy atom. The molecule has 7 nitrogen and oxygen atoms in total. The SMILES string of the molecule is CC(=O)N1CC(=O)N2[C@@H](C[C@H](C(=O)NCCOc3ccccc3)[C@@H]2CC(C)C)C1. The van der Waals surface area contributed by atoms with E-state index in [-0.39, 0.29) is 42.3 Å². The molecule has 0 unspecified atom stereocenters. The van der Waals surface area contributed by atoms with Crippen molar-refractivity contribution in [3.8, 4) is 5.75 Å². The third-order valence-corrected chi connectivity index (χ3v) is 5.69. The number of piperazine rings is 1. The summed E-state index contributed by atoms with van der Waals surface area (Å²) >= 11 is 0. The molecule has 29 heavy (non-hydrogen) atoms. The lowest BCUT2D eigenvalue weighted by atomic mass is 9.91. The molecule has 1 aromatic rings.